The van der Waals surface area contributed by atoms with Crippen LogP contribution in [0.4, 0.5) is 0 Å². The highest BCUT2D eigenvalue weighted by Crippen LogP contribution is 2.26. The Morgan fingerprint density at radius 1 is 1.31 bits per heavy atom. The van der Waals surface area contributed by atoms with Crippen molar-refractivity contribution in [3.63, 3.8) is 0 Å². The Morgan fingerprint density at radius 3 is 2.31 bits per heavy atom. The molecule has 0 atom stereocenters. The van der Waals surface area contributed by atoms with Gasteiger partial charge in [0.2, 0.25) is 0 Å². The van der Waals surface area contributed by atoms with Crippen molar-refractivity contribution >= 4 is 15.8 Å². The van der Waals surface area contributed by atoms with Gasteiger partial charge < -0.3 is 5.11 Å². The van der Waals surface area contributed by atoms with Crippen LogP contribution in [0.25, 0.3) is 0 Å². The number of carbonyl (C=O) groups is 1. The molecule has 0 aliphatic carbocycles. The lowest BCUT2D eigenvalue weighted by Gasteiger charge is -2.19. The lowest BCUT2D eigenvalue weighted by Crippen LogP contribution is -2.40. The minimum absolute atomic E-state index is 0.0416. The maximum absolute atomic E-state index is 12.1. The molecule has 0 spiro atoms. The normalized spacial score (nSPS) is 12.4. The standard InChI is InChI=1S/C11H14O4S/c1-8-5-4-6-9(7-8)16(14,15)11(2,3)10(12)13/h4-7H,1-3H3,(H,12,13). The minimum atomic E-state index is -3.86. The number of aryl methyl sites for hydroxylation is 1. The summed E-state index contributed by atoms with van der Waals surface area (Å²) in [6.45, 7) is 4.13. The van der Waals surface area contributed by atoms with Gasteiger partial charge in [-0.2, -0.15) is 0 Å². The van der Waals surface area contributed by atoms with Gasteiger partial charge in [-0.05, 0) is 38.5 Å². The number of carboxylic acids is 1. The zero-order valence-electron chi connectivity index (χ0n) is 9.39. The summed E-state index contributed by atoms with van der Waals surface area (Å²) in [5.74, 6) is -1.35. The summed E-state index contributed by atoms with van der Waals surface area (Å²) in [5.41, 5.74) is 0.780. The molecule has 0 saturated carbocycles. The SMILES string of the molecule is Cc1cccc(S(=O)(=O)C(C)(C)C(=O)O)c1. The molecule has 0 bridgehead atoms. The van der Waals surface area contributed by atoms with Crippen molar-refractivity contribution in [1.29, 1.82) is 0 Å². The number of hydrogen-bond acceptors (Lipinski definition) is 3. The van der Waals surface area contributed by atoms with E-state index in [4.69, 9.17) is 5.11 Å². The summed E-state index contributed by atoms with van der Waals surface area (Å²) in [5, 5.41) is 8.93. The minimum Gasteiger partial charge on any atom is -0.480 e. The molecule has 0 aliphatic heterocycles. The van der Waals surface area contributed by atoms with E-state index in [0.717, 1.165) is 5.56 Å². The first-order chi connectivity index (χ1) is 7.19. The third-order valence-corrected chi connectivity index (χ3v) is 4.88. The maximum Gasteiger partial charge on any atom is 0.324 e. The summed E-state index contributed by atoms with van der Waals surface area (Å²) < 4.78 is 22.3. The molecule has 16 heavy (non-hydrogen) atoms. The Bertz CT molecular complexity index is 515. The summed E-state index contributed by atoms with van der Waals surface area (Å²) in [4.78, 5) is 11.0. The fourth-order valence-corrected chi connectivity index (χ4v) is 2.61. The van der Waals surface area contributed by atoms with Crippen molar-refractivity contribution in [2.75, 3.05) is 0 Å². The molecule has 4 nitrogen and oxygen atoms in total. The Morgan fingerprint density at radius 2 is 1.88 bits per heavy atom. The van der Waals surface area contributed by atoms with Crippen LogP contribution in [0, 0.1) is 6.92 Å². The van der Waals surface area contributed by atoms with E-state index in [1.165, 1.54) is 26.0 Å². The molecule has 0 radical (unpaired) electrons. The Kier molecular flexibility index (Phi) is 3.10. The van der Waals surface area contributed by atoms with Crippen LogP contribution in [0.2, 0.25) is 0 Å². The van der Waals surface area contributed by atoms with E-state index in [0.29, 0.717) is 0 Å². The van der Waals surface area contributed by atoms with Crippen LogP contribution < -0.4 is 0 Å². The summed E-state index contributed by atoms with van der Waals surface area (Å²) in [6.07, 6.45) is 0. The maximum atomic E-state index is 12.1. The molecule has 0 fully saturated rings. The van der Waals surface area contributed by atoms with Crippen molar-refractivity contribution in [2.45, 2.75) is 30.4 Å². The van der Waals surface area contributed by atoms with Crippen LogP contribution in [0.3, 0.4) is 0 Å². The van der Waals surface area contributed by atoms with Crippen LogP contribution >= 0.6 is 0 Å². The van der Waals surface area contributed by atoms with E-state index in [1.807, 2.05) is 0 Å². The zero-order valence-corrected chi connectivity index (χ0v) is 10.2. The summed E-state index contributed by atoms with van der Waals surface area (Å²) in [6, 6.07) is 6.24. The molecule has 0 aliphatic rings. The van der Waals surface area contributed by atoms with Crippen LogP contribution in [-0.2, 0) is 14.6 Å². The van der Waals surface area contributed by atoms with Crippen LogP contribution in [-0.4, -0.2) is 24.2 Å². The van der Waals surface area contributed by atoms with Crippen molar-refractivity contribution < 1.29 is 18.3 Å². The molecule has 1 rings (SSSR count). The van der Waals surface area contributed by atoms with Crippen LogP contribution in [0.1, 0.15) is 19.4 Å². The number of hydrogen-bond donors (Lipinski definition) is 1. The number of benzene rings is 1. The van der Waals surface area contributed by atoms with Gasteiger partial charge in [0.25, 0.3) is 0 Å². The third kappa shape index (κ3) is 1.95. The molecule has 0 saturated heterocycles. The van der Waals surface area contributed by atoms with E-state index in [2.05, 4.69) is 0 Å². The molecule has 1 aromatic rings. The fraction of sp³-hybridized carbons (Fsp3) is 0.364. The average molecular weight is 242 g/mol. The van der Waals surface area contributed by atoms with Gasteiger partial charge in [-0.25, -0.2) is 8.42 Å². The van der Waals surface area contributed by atoms with Gasteiger partial charge in [-0.15, -0.1) is 0 Å². The fourth-order valence-electron chi connectivity index (χ4n) is 1.19. The second-order valence-electron chi connectivity index (χ2n) is 4.14. The number of carboxylic acid groups (broad SMARTS) is 1. The molecule has 1 N–H and O–H groups in total. The number of aliphatic carboxylic acids is 1. The van der Waals surface area contributed by atoms with Gasteiger partial charge in [0.05, 0.1) is 4.90 Å². The molecule has 88 valence electrons. The molecular formula is C11H14O4S. The van der Waals surface area contributed by atoms with E-state index < -0.39 is 20.6 Å². The quantitative estimate of drug-likeness (QED) is 0.874. The van der Waals surface area contributed by atoms with E-state index >= 15 is 0 Å². The second kappa shape index (κ2) is 3.90. The van der Waals surface area contributed by atoms with E-state index in [1.54, 1.807) is 19.1 Å². The molecular weight excluding hydrogens is 228 g/mol. The largest absolute Gasteiger partial charge is 0.480 e. The lowest BCUT2D eigenvalue weighted by molar-refractivity contribution is -0.139. The number of rotatable bonds is 3. The molecule has 0 aromatic heterocycles. The van der Waals surface area contributed by atoms with Crippen LogP contribution in [0.5, 0.6) is 0 Å². The Balaban J connectivity index is 3.39. The zero-order chi connectivity index (χ0) is 12.6. The van der Waals surface area contributed by atoms with Crippen molar-refractivity contribution in [1.82, 2.24) is 0 Å². The molecule has 1 aromatic carbocycles. The Labute approximate surface area is 94.8 Å². The van der Waals surface area contributed by atoms with E-state index in [9.17, 15) is 13.2 Å². The van der Waals surface area contributed by atoms with Crippen LogP contribution in [0.15, 0.2) is 29.2 Å². The van der Waals surface area contributed by atoms with E-state index in [-0.39, 0.29) is 4.90 Å². The average Bonchev–Trinajstić information content (AvgIpc) is 2.17. The van der Waals surface area contributed by atoms with Gasteiger partial charge in [0, 0.05) is 0 Å². The van der Waals surface area contributed by atoms with Gasteiger partial charge in [0.15, 0.2) is 14.6 Å². The highest BCUT2D eigenvalue weighted by Gasteiger charge is 2.42. The van der Waals surface area contributed by atoms with Gasteiger partial charge in [0.1, 0.15) is 0 Å². The first-order valence-corrected chi connectivity index (χ1v) is 6.22. The highest BCUT2D eigenvalue weighted by atomic mass is 32.2. The molecule has 0 amide bonds. The summed E-state index contributed by atoms with van der Waals surface area (Å²) >= 11 is 0. The topological polar surface area (TPSA) is 71.4 Å². The highest BCUT2D eigenvalue weighted by molar-refractivity contribution is 7.93. The molecule has 5 heteroatoms. The monoisotopic (exact) mass is 242 g/mol. The summed E-state index contributed by atoms with van der Waals surface area (Å²) in [7, 11) is -3.86. The number of sulfone groups is 1. The molecule has 0 unspecified atom stereocenters. The smallest absolute Gasteiger partial charge is 0.324 e. The predicted octanol–water partition coefficient (Wildman–Crippen LogP) is 1.63. The second-order valence-corrected chi connectivity index (χ2v) is 6.63. The first kappa shape index (κ1) is 12.7. The Hall–Kier alpha value is -1.36. The predicted molar refractivity (Wildman–Crippen MR) is 60.1 cm³/mol. The third-order valence-electron chi connectivity index (χ3n) is 2.49. The molecule has 0 heterocycles. The van der Waals surface area contributed by atoms with Gasteiger partial charge in [-0.1, -0.05) is 12.1 Å². The van der Waals surface area contributed by atoms with Crippen molar-refractivity contribution in [2.24, 2.45) is 0 Å². The van der Waals surface area contributed by atoms with Crippen molar-refractivity contribution in [3.8, 4) is 0 Å². The first-order valence-electron chi connectivity index (χ1n) is 4.74. The van der Waals surface area contributed by atoms with Gasteiger partial charge in [-0.3, -0.25) is 4.79 Å². The van der Waals surface area contributed by atoms with Gasteiger partial charge >= 0.3 is 5.97 Å². The lowest BCUT2D eigenvalue weighted by atomic mass is 10.2. The van der Waals surface area contributed by atoms with Crippen molar-refractivity contribution in [3.05, 3.63) is 29.8 Å².